The molecule has 2 heterocycles. The Hall–Kier alpha value is -4.13. The van der Waals surface area contributed by atoms with Gasteiger partial charge in [-0.05, 0) is 59.7 Å². The third-order valence-corrected chi connectivity index (χ3v) is 4.68. The highest BCUT2D eigenvalue weighted by atomic mass is 19.1. The molecule has 0 saturated carbocycles. The third kappa shape index (κ3) is 4.40. The Labute approximate surface area is 177 Å². The van der Waals surface area contributed by atoms with Gasteiger partial charge in [-0.1, -0.05) is 6.07 Å². The summed E-state index contributed by atoms with van der Waals surface area (Å²) < 4.78 is 32.2. The molecule has 0 spiro atoms. The second-order valence-electron chi connectivity index (χ2n) is 6.66. The molecular formula is C24H17F2N3O2. The van der Waals surface area contributed by atoms with Crippen LogP contribution in [-0.4, -0.2) is 22.9 Å². The first-order valence-corrected chi connectivity index (χ1v) is 9.36. The number of carbonyl (C=O) groups is 1. The van der Waals surface area contributed by atoms with Crippen LogP contribution in [0, 0.1) is 11.6 Å². The van der Waals surface area contributed by atoms with E-state index in [0.717, 1.165) is 23.3 Å². The number of hydrogen-bond acceptors (Lipinski definition) is 5. The predicted molar refractivity (Wildman–Crippen MR) is 114 cm³/mol. The number of ether oxygens (including phenoxy) is 1. The summed E-state index contributed by atoms with van der Waals surface area (Å²) in [7, 11) is 1.50. The maximum absolute atomic E-state index is 13.8. The highest BCUT2D eigenvalue weighted by Gasteiger charge is 2.16. The number of carbonyl (C=O) groups excluding carboxylic acids is 1. The molecule has 0 amide bonds. The van der Waals surface area contributed by atoms with Gasteiger partial charge in [0.2, 0.25) is 0 Å². The Morgan fingerprint density at radius 3 is 2.42 bits per heavy atom. The van der Waals surface area contributed by atoms with Gasteiger partial charge in [-0.25, -0.2) is 13.8 Å². The van der Waals surface area contributed by atoms with Crippen LogP contribution < -0.4 is 10.1 Å². The molecule has 0 aliphatic rings. The van der Waals surface area contributed by atoms with Crippen molar-refractivity contribution in [3.05, 3.63) is 102 Å². The minimum Gasteiger partial charge on any atom is -0.496 e. The van der Waals surface area contributed by atoms with Crippen LogP contribution in [0.5, 0.6) is 5.75 Å². The van der Waals surface area contributed by atoms with Crippen LogP contribution >= 0.6 is 0 Å². The first-order valence-electron chi connectivity index (χ1n) is 9.36. The quantitative estimate of drug-likeness (QED) is 0.425. The fourth-order valence-electron chi connectivity index (χ4n) is 3.10. The molecule has 0 saturated heterocycles. The molecule has 0 radical (unpaired) electrons. The third-order valence-electron chi connectivity index (χ3n) is 4.68. The van der Waals surface area contributed by atoms with E-state index in [1.807, 2.05) is 18.2 Å². The zero-order chi connectivity index (χ0) is 21.8. The summed E-state index contributed by atoms with van der Waals surface area (Å²) in [5.74, 6) is -0.905. The van der Waals surface area contributed by atoms with Crippen molar-refractivity contribution in [2.45, 2.75) is 0 Å². The van der Waals surface area contributed by atoms with Crippen molar-refractivity contribution in [2.24, 2.45) is 0 Å². The van der Waals surface area contributed by atoms with Crippen LogP contribution in [0.15, 0.2) is 79.3 Å². The molecule has 2 aromatic heterocycles. The molecule has 0 bridgehead atoms. The number of rotatable bonds is 6. The molecule has 0 fully saturated rings. The summed E-state index contributed by atoms with van der Waals surface area (Å²) in [5, 5.41) is 2.76. The number of hydrogen-bond donors (Lipinski definition) is 1. The second-order valence-corrected chi connectivity index (χ2v) is 6.66. The lowest BCUT2D eigenvalue weighted by Crippen LogP contribution is -2.06. The van der Waals surface area contributed by atoms with Gasteiger partial charge in [-0.2, -0.15) is 0 Å². The van der Waals surface area contributed by atoms with E-state index in [4.69, 9.17) is 4.74 Å². The number of ketones is 1. The van der Waals surface area contributed by atoms with Gasteiger partial charge in [0.25, 0.3) is 0 Å². The van der Waals surface area contributed by atoms with E-state index in [2.05, 4.69) is 15.3 Å². The maximum atomic E-state index is 13.8. The molecule has 0 aliphatic heterocycles. The molecular weight excluding hydrogens is 400 g/mol. The van der Waals surface area contributed by atoms with Crippen molar-refractivity contribution in [2.75, 3.05) is 12.4 Å². The number of pyridine rings is 2. The van der Waals surface area contributed by atoms with E-state index in [9.17, 15) is 13.6 Å². The number of halogens is 2. The molecule has 4 rings (SSSR count). The molecule has 31 heavy (non-hydrogen) atoms. The van der Waals surface area contributed by atoms with Gasteiger partial charge in [0.1, 0.15) is 23.2 Å². The molecule has 0 unspecified atom stereocenters. The first kappa shape index (κ1) is 20.2. The molecule has 5 nitrogen and oxygen atoms in total. The minimum atomic E-state index is -0.736. The Balaban J connectivity index is 1.60. The molecule has 7 heteroatoms. The highest BCUT2D eigenvalue weighted by Crippen LogP contribution is 2.28. The summed E-state index contributed by atoms with van der Waals surface area (Å²) >= 11 is 0. The zero-order valence-corrected chi connectivity index (χ0v) is 16.5. The van der Waals surface area contributed by atoms with Crippen LogP contribution in [0.1, 0.15) is 15.9 Å². The molecule has 4 aromatic rings. The predicted octanol–water partition coefficient (Wildman–Crippen LogP) is 5.41. The number of nitrogens with zero attached hydrogens (tertiary/aromatic N) is 2. The van der Waals surface area contributed by atoms with Crippen molar-refractivity contribution < 1.29 is 18.3 Å². The average molecular weight is 417 g/mol. The summed E-state index contributed by atoms with van der Waals surface area (Å²) in [5.41, 5.74) is 2.59. The van der Waals surface area contributed by atoms with Crippen LogP contribution in [0.2, 0.25) is 0 Å². The van der Waals surface area contributed by atoms with Crippen LogP contribution in [0.25, 0.3) is 11.1 Å². The van der Waals surface area contributed by atoms with Gasteiger partial charge in [0, 0.05) is 30.2 Å². The first-order chi connectivity index (χ1) is 15.0. The smallest absolute Gasteiger partial charge is 0.198 e. The van der Waals surface area contributed by atoms with Crippen molar-refractivity contribution in [3.63, 3.8) is 0 Å². The lowest BCUT2D eigenvalue weighted by atomic mass is 9.98. The van der Waals surface area contributed by atoms with Gasteiger partial charge >= 0.3 is 0 Å². The molecule has 154 valence electrons. The fraction of sp³-hybridized carbons (Fsp3) is 0.0417. The Bertz CT molecular complexity index is 1230. The monoisotopic (exact) mass is 417 g/mol. The average Bonchev–Trinajstić information content (AvgIpc) is 2.81. The topological polar surface area (TPSA) is 64.1 Å². The van der Waals surface area contributed by atoms with Crippen LogP contribution in [0.3, 0.4) is 0 Å². The largest absolute Gasteiger partial charge is 0.496 e. The number of methoxy groups -OCH3 is 1. The maximum Gasteiger partial charge on any atom is 0.198 e. The summed E-state index contributed by atoms with van der Waals surface area (Å²) in [6.07, 6.45) is 4.76. The molecule has 2 aromatic carbocycles. The summed E-state index contributed by atoms with van der Waals surface area (Å²) in [6.45, 7) is 0. The number of aromatic nitrogens is 2. The Morgan fingerprint density at radius 1 is 0.935 bits per heavy atom. The number of benzene rings is 2. The van der Waals surface area contributed by atoms with Gasteiger partial charge in [-0.3, -0.25) is 9.78 Å². The summed E-state index contributed by atoms with van der Waals surface area (Å²) in [4.78, 5) is 21.3. The highest BCUT2D eigenvalue weighted by molar-refractivity contribution is 6.11. The van der Waals surface area contributed by atoms with Gasteiger partial charge in [0.05, 0.1) is 18.4 Å². The molecule has 0 aliphatic carbocycles. The Kier molecular flexibility index (Phi) is 5.66. The van der Waals surface area contributed by atoms with Crippen molar-refractivity contribution in [3.8, 4) is 16.9 Å². The van der Waals surface area contributed by atoms with Gasteiger partial charge in [-0.15, -0.1) is 0 Å². The molecule has 1 N–H and O–H groups in total. The second kappa shape index (κ2) is 8.71. The minimum absolute atomic E-state index is 0.0831. The van der Waals surface area contributed by atoms with Crippen LogP contribution in [0.4, 0.5) is 20.3 Å². The number of nitrogens with one attached hydrogen (secondary N) is 1. The van der Waals surface area contributed by atoms with Gasteiger partial charge < -0.3 is 10.1 Å². The Morgan fingerprint density at radius 2 is 1.74 bits per heavy atom. The van der Waals surface area contributed by atoms with Crippen LogP contribution in [-0.2, 0) is 0 Å². The van der Waals surface area contributed by atoms with Crippen molar-refractivity contribution >= 4 is 17.3 Å². The molecule has 0 atom stereocenters. The van der Waals surface area contributed by atoms with E-state index in [0.29, 0.717) is 22.7 Å². The normalized spacial score (nSPS) is 10.5. The lowest BCUT2D eigenvalue weighted by molar-refractivity contribution is 0.103. The SMILES string of the molecule is COc1ccc(-c2ccncc2)cc1C(=O)c1ccc(Nc2ccc(F)cc2F)nc1. The van der Waals surface area contributed by atoms with Gasteiger partial charge in [0.15, 0.2) is 5.78 Å². The lowest BCUT2D eigenvalue weighted by Gasteiger charge is -2.11. The van der Waals surface area contributed by atoms with E-state index < -0.39 is 11.6 Å². The van der Waals surface area contributed by atoms with E-state index in [1.54, 1.807) is 36.7 Å². The number of anilines is 2. The fourth-order valence-corrected chi connectivity index (χ4v) is 3.10. The van der Waals surface area contributed by atoms with E-state index in [-0.39, 0.29) is 11.5 Å². The van der Waals surface area contributed by atoms with E-state index >= 15 is 0 Å². The van der Waals surface area contributed by atoms with E-state index in [1.165, 1.54) is 19.4 Å². The summed E-state index contributed by atoms with van der Waals surface area (Å²) in [6, 6.07) is 15.4. The zero-order valence-electron chi connectivity index (χ0n) is 16.5. The standard InChI is InChI=1S/C24H17F2N3O2/c1-31-22-6-2-16(15-8-10-27-11-9-15)12-19(22)24(30)17-3-7-23(28-14-17)29-21-5-4-18(25)13-20(21)26/h2-14H,1H3,(H,28,29). The van der Waals surface area contributed by atoms with Crippen molar-refractivity contribution in [1.29, 1.82) is 0 Å². The van der Waals surface area contributed by atoms with Crippen molar-refractivity contribution in [1.82, 2.24) is 9.97 Å².